The molecule has 0 aliphatic heterocycles. The van der Waals surface area contributed by atoms with Gasteiger partial charge < -0.3 is 5.32 Å². The summed E-state index contributed by atoms with van der Waals surface area (Å²) in [7, 11) is 0. The Balaban J connectivity index is 1.92. The van der Waals surface area contributed by atoms with E-state index in [1.54, 1.807) is 0 Å². The summed E-state index contributed by atoms with van der Waals surface area (Å²) in [6, 6.07) is 13.1. The molecule has 1 nitrogen and oxygen atoms in total. The number of thioether (sulfide) groups is 1. The average molecular weight is 370 g/mol. The predicted molar refractivity (Wildman–Crippen MR) is 94.6 cm³/mol. The van der Waals surface area contributed by atoms with Crippen LogP contribution in [0, 0.1) is 0 Å². The van der Waals surface area contributed by atoms with E-state index >= 15 is 0 Å². The van der Waals surface area contributed by atoms with Crippen LogP contribution in [0.15, 0.2) is 45.1 Å². The maximum atomic E-state index is 3.53. The van der Waals surface area contributed by atoms with Crippen LogP contribution >= 0.6 is 39.0 Å². The summed E-state index contributed by atoms with van der Waals surface area (Å²) >= 11 is 7.21. The molecule has 0 unspecified atom stereocenters. The van der Waals surface area contributed by atoms with Crippen LogP contribution in [0.4, 0.5) is 0 Å². The Kier molecular flexibility index (Phi) is 5.73. The van der Waals surface area contributed by atoms with Crippen molar-refractivity contribution in [1.82, 2.24) is 5.32 Å². The summed E-state index contributed by atoms with van der Waals surface area (Å²) in [4.78, 5) is 2.74. The van der Waals surface area contributed by atoms with Gasteiger partial charge in [-0.05, 0) is 66.5 Å². The van der Waals surface area contributed by atoms with Crippen molar-refractivity contribution in [3.8, 4) is 0 Å². The molecule has 0 bridgehead atoms. The van der Waals surface area contributed by atoms with Gasteiger partial charge in [0.15, 0.2) is 0 Å². The quantitative estimate of drug-likeness (QED) is 0.679. The molecule has 20 heavy (non-hydrogen) atoms. The van der Waals surface area contributed by atoms with Crippen LogP contribution in [-0.4, -0.2) is 5.54 Å². The second kappa shape index (κ2) is 7.12. The molecule has 2 rings (SSSR count). The Morgan fingerprint density at radius 2 is 2.00 bits per heavy atom. The topological polar surface area (TPSA) is 12.0 Å². The SMILES string of the molecule is CC(C)(C)NCc1cccc(SCc2ccc(Br)s2)c1. The smallest absolute Gasteiger partial charge is 0.0701 e. The van der Waals surface area contributed by atoms with Gasteiger partial charge in [0.1, 0.15) is 0 Å². The van der Waals surface area contributed by atoms with Crippen molar-refractivity contribution in [2.45, 2.75) is 43.5 Å². The van der Waals surface area contributed by atoms with Gasteiger partial charge in [0.2, 0.25) is 0 Å². The Hall–Kier alpha value is -0.290. The minimum atomic E-state index is 0.159. The van der Waals surface area contributed by atoms with Gasteiger partial charge in [-0.1, -0.05) is 12.1 Å². The zero-order valence-corrected chi connectivity index (χ0v) is 15.3. The largest absolute Gasteiger partial charge is 0.308 e. The highest BCUT2D eigenvalue weighted by atomic mass is 79.9. The van der Waals surface area contributed by atoms with Gasteiger partial charge >= 0.3 is 0 Å². The molecule has 0 aliphatic carbocycles. The van der Waals surface area contributed by atoms with Gasteiger partial charge in [-0.2, -0.15) is 0 Å². The molecule has 0 fully saturated rings. The molecular weight excluding hydrogens is 350 g/mol. The van der Waals surface area contributed by atoms with Crippen LogP contribution in [0.5, 0.6) is 0 Å². The third kappa shape index (κ3) is 5.60. The Labute approximate surface area is 138 Å². The van der Waals surface area contributed by atoms with Gasteiger partial charge in [0, 0.05) is 27.6 Å². The summed E-state index contributed by atoms with van der Waals surface area (Å²) in [5.74, 6) is 1.03. The van der Waals surface area contributed by atoms with E-state index in [0.717, 1.165) is 12.3 Å². The number of rotatable bonds is 5. The first-order valence-corrected chi connectivity index (χ1v) is 9.23. The van der Waals surface area contributed by atoms with Crippen molar-refractivity contribution in [2.75, 3.05) is 0 Å². The zero-order valence-electron chi connectivity index (χ0n) is 12.1. The first kappa shape index (κ1) is 16.1. The Bertz CT molecular complexity index is 558. The number of hydrogen-bond acceptors (Lipinski definition) is 3. The van der Waals surface area contributed by atoms with Crippen molar-refractivity contribution in [2.24, 2.45) is 0 Å². The van der Waals surface area contributed by atoms with E-state index in [1.165, 1.54) is 19.1 Å². The lowest BCUT2D eigenvalue weighted by Crippen LogP contribution is -2.35. The zero-order chi connectivity index (χ0) is 14.6. The lowest BCUT2D eigenvalue weighted by molar-refractivity contribution is 0.424. The number of thiophene rings is 1. The third-order valence-electron chi connectivity index (χ3n) is 2.73. The van der Waals surface area contributed by atoms with Crippen molar-refractivity contribution in [1.29, 1.82) is 0 Å². The fourth-order valence-electron chi connectivity index (χ4n) is 1.70. The summed E-state index contributed by atoms with van der Waals surface area (Å²) in [6.45, 7) is 7.50. The van der Waals surface area contributed by atoms with E-state index in [2.05, 4.69) is 78.4 Å². The molecule has 108 valence electrons. The number of nitrogens with one attached hydrogen (secondary N) is 1. The van der Waals surface area contributed by atoms with E-state index in [1.807, 2.05) is 23.1 Å². The van der Waals surface area contributed by atoms with E-state index < -0.39 is 0 Å². The second-order valence-electron chi connectivity index (χ2n) is 5.75. The summed E-state index contributed by atoms with van der Waals surface area (Å²) < 4.78 is 1.20. The van der Waals surface area contributed by atoms with Crippen LogP contribution < -0.4 is 5.32 Å². The minimum absolute atomic E-state index is 0.159. The van der Waals surface area contributed by atoms with Gasteiger partial charge in [0.05, 0.1) is 3.79 Å². The molecule has 0 aliphatic rings. The lowest BCUT2D eigenvalue weighted by Gasteiger charge is -2.20. The van der Waals surface area contributed by atoms with Crippen molar-refractivity contribution >= 4 is 39.0 Å². The molecule has 2 aromatic rings. The second-order valence-corrected chi connectivity index (χ2v) is 9.34. The van der Waals surface area contributed by atoms with E-state index in [4.69, 9.17) is 0 Å². The summed E-state index contributed by atoms with van der Waals surface area (Å²) in [5, 5.41) is 3.53. The summed E-state index contributed by atoms with van der Waals surface area (Å²) in [5.41, 5.74) is 1.50. The molecular formula is C16H20BrNS2. The normalized spacial score (nSPS) is 11.8. The molecule has 0 saturated carbocycles. The Morgan fingerprint density at radius 1 is 1.20 bits per heavy atom. The molecule has 1 N–H and O–H groups in total. The van der Waals surface area contributed by atoms with Gasteiger partial charge in [-0.15, -0.1) is 23.1 Å². The monoisotopic (exact) mass is 369 g/mol. The molecule has 0 amide bonds. The van der Waals surface area contributed by atoms with Gasteiger partial charge in [-0.25, -0.2) is 0 Å². The molecule has 1 aromatic heterocycles. The average Bonchev–Trinajstić information content (AvgIpc) is 2.80. The van der Waals surface area contributed by atoms with Crippen LogP contribution in [0.1, 0.15) is 31.2 Å². The molecule has 0 spiro atoms. The number of halogens is 1. The molecule has 0 saturated heterocycles. The third-order valence-corrected chi connectivity index (χ3v) is 5.58. The van der Waals surface area contributed by atoms with Crippen LogP contribution in [0.3, 0.4) is 0 Å². The fraction of sp³-hybridized carbons (Fsp3) is 0.375. The first-order valence-electron chi connectivity index (χ1n) is 6.63. The van der Waals surface area contributed by atoms with E-state index in [-0.39, 0.29) is 5.54 Å². The maximum absolute atomic E-state index is 3.53. The predicted octanol–water partition coefficient (Wildman–Crippen LogP) is 5.69. The van der Waals surface area contributed by atoms with Crippen LogP contribution in [0.2, 0.25) is 0 Å². The van der Waals surface area contributed by atoms with Crippen molar-refractivity contribution in [3.05, 3.63) is 50.6 Å². The van der Waals surface area contributed by atoms with E-state index in [0.29, 0.717) is 0 Å². The molecule has 0 radical (unpaired) electrons. The Morgan fingerprint density at radius 3 is 2.65 bits per heavy atom. The van der Waals surface area contributed by atoms with Gasteiger partial charge in [-0.3, -0.25) is 0 Å². The number of benzene rings is 1. The standard InChI is InChI=1S/C16H20BrNS2/c1-16(2,3)18-10-12-5-4-6-13(9-12)19-11-14-7-8-15(17)20-14/h4-9,18H,10-11H2,1-3H3. The van der Waals surface area contributed by atoms with Crippen LogP contribution in [-0.2, 0) is 12.3 Å². The van der Waals surface area contributed by atoms with Crippen molar-refractivity contribution < 1.29 is 0 Å². The molecule has 1 heterocycles. The van der Waals surface area contributed by atoms with Gasteiger partial charge in [0.25, 0.3) is 0 Å². The highest BCUT2D eigenvalue weighted by molar-refractivity contribution is 9.11. The fourth-order valence-corrected chi connectivity index (χ4v) is 4.20. The minimum Gasteiger partial charge on any atom is -0.308 e. The maximum Gasteiger partial charge on any atom is 0.0701 e. The first-order chi connectivity index (χ1) is 9.42. The van der Waals surface area contributed by atoms with E-state index in [9.17, 15) is 0 Å². The van der Waals surface area contributed by atoms with Crippen molar-refractivity contribution in [3.63, 3.8) is 0 Å². The van der Waals surface area contributed by atoms with Crippen LogP contribution in [0.25, 0.3) is 0 Å². The molecule has 4 heteroatoms. The number of hydrogen-bond donors (Lipinski definition) is 1. The summed E-state index contributed by atoms with van der Waals surface area (Å²) in [6.07, 6.45) is 0. The lowest BCUT2D eigenvalue weighted by atomic mass is 10.1. The highest BCUT2D eigenvalue weighted by Gasteiger charge is 2.08. The highest BCUT2D eigenvalue weighted by Crippen LogP contribution is 2.29. The molecule has 0 atom stereocenters. The molecule has 1 aromatic carbocycles.